The number of methoxy groups -OCH3 is 2. The maximum Gasteiger partial charge on any atom is 0.308 e. The summed E-state index contributed by atoms with van der Waals surface area (Å²) in [5.74, 6) is 0.343. The molecule has 24 heavy (non-hydrogen) atoms. The Kier molecular flexibility index (Phi) is 4.17. The zero-order valence-corrected chi connectivity index (χ0v) is 13.9. The summed E-state index contributed by atoms with van der Waals surface area (Å²) in [4.78, 5) is 28.0. The standard InChI is InChI=1S/C15H13N3O5S/c1-8(19)23-13-10(21-2)4-9(5-11(13)22-3)6-12-14(20)18-15(24-12)16-7-17-18/h4-7H,1-3H3/b12-6+. The van der Waals surface area contributed by atoms with Crippen molar-refractivity contribution in [2.45, 2.75) is 6.92 Å². The molecule has 0 unspecified atom stereocenters. The summed E-state index contributed by atoms with van der Waals surface area (Å²) in [5.41, 5.74) is 0.399. The molecule has 3 aromatic rings. The second-order valence-corrected chi connectivity index (χ2v) is 5.73. The molecule has 0 aliphatic carbocycles. The summed E-state index contributed by atoms with van der Waals surface area (Å²) in [7, 11) is 2.90. The summed E-state index contributed by atoms with van der Waals surface area (Å²) in [5, 5.41) is 3.87. The zero-order valence-electron chi connectivity index (χ0n) is 13.1. The SMILES string of the molecule is COc1cc(/C=c2/sc3ncnn3c2=O)cc(OC)c1OC(C)=O. The Morgan fingerprint density at radius 3 is 2.46 bits per heavy atom. The normalized spacial score (nSPS) is 11.7. The number of nitrogens with zero attached hydrogens (tertiary/aromatic N) is 3. The topological polar surface area (TPSA) is 92.0 Å². The van der Waals surface area contributed by atoms with Gasteiger partial charge in [-0.25, -0.2) is 4.98 Å². The molecule has 0 aliphatic heterocycles. The van der Waals surface area contributed by atoms with Gasteiger partial charge in [-0.1, -0.05) is 11.3 Å². The minimum atomic E-state index is -0.490. The summed E-state index contributed by atoms with van der Waals surface area (Å²) in [6, 6.07) is 3.30. The van der Waals surface area contributed by atoms with E-state index in [4.69, 9.17) is 14.2 Å². The van der Waals surface area contributed by atoms with Crippen LogP contribution in [0.3, 0.4) is 0 Å². The Labute approximate surface area is 139 Å². The zero-order chi connectivity index (χ0) is 17.3. The van der Waals surface area contributed by atoms with Crippen molar-refractivity contribution in [3.8, 4) is 17.2 Å². The average Bonchev–Trinajstić information content (AvgIpc) is 3.12. The Balaban J connectivity index is 2.16. The molecule has 0 bridgehead atoms. The van der Waals surface area contributed by atoms with Gasteiger partial charge in [0, 0.05) is 6.92 Å². The Hall–Kier alpha value is -2.94. The minimum Gasteiger partial charge on any atom is -0.493 e. The summed E-state index contributed by atoms with van der Waals surface area (Å²) >= 11 is 1.22. The number of benzene rings is 1. The van der Waals surface area contributed by atoms with Crippen LogP contribution in [0, 0.1) is 0 Å². The number of hydrogen-bond donors (Lipinski definition) is 0. The third kappa shape index (κ3) is 2.81. The molecule has 9 heteroatoms. The molecule has 0 saturated carbocycles. The third-order valence-corrected chi connectivity index (χ3v) is 4.12. The number of esters is 1. The van der Waals surface area contributed by atoms with E-state index in [1.165, 1.54) is 43.3 Å². The number of rotatable bonds is 4. The first-order valence-corrected chi connectivity index (χ1v) is 7.64. The van der Waals surface area contributed by atoms with E-state index in [0.29, 0.717) is 26.6 Å². The van der Waals surface area contributed by atoms with Gasteiger partial charge in [-0.05, 0) is 23.8 Å². The fraction of sp³-hybridized carbons (Fsp3) is 0.200. The number of carbonyl (C=O) groups excluding carboxylic acids is 1. The van der Waals surface area contributed by atoms with Gasteiger partial charge in [0.2, 0.25) is 10.7 Å². The largest absolute Gasteiger partial charge is 0.493 e. The molecule has 0 atom stereocenters. The smallest absolute Gasteiger partial charge is 0.308 e. The van der Waals surface area contributed by atoms with Crippen LogP contribution in [0.15, 0.2) is 23.3 Å². The van der Waals surface area contributed by atoms with Crippen LogP contribution in [-0.4, -0.2) is 34.8 Å². The number of fused-ring (bicyclic) bond motifs is 1. The molecule has 8 nitrogen and oxygen atoms in total. The van der Waals surface area contributed by atoms with Crippen LogP contribution < -0.4 is 24.3 Å². The van der Waals surface area contributed by atoms with Crippen molar-refractivity contribution in [2.24, 2.45) is 0 Å². The second kappa shape index (κ2) is 6.28. The Morgan fingerprint density at radius 2 is 1.92 bits per heavy atom. The van der Waals surface area contributed by atoms with Gasteiger partial charge >= 0.3 is 5.97 Å². The molecule has 3 rings (SSSR count). The molecule has 0 fully saturated rings. The number of aromatic nitrogens is 3. The van der Waals surface area contributed by atoms with Gasteiger partial charge < -0.3 is 14.2 Å². The van der Waals surface area contributed by atoms with E-state index in [1.807, 2.05) is 0 Å². The van der Waals surface area contributed by atoms with Crippen LogP contribution in [0.5, 0.6) is 17.2 Å². The van der Waals surface area contributed by atoms with Crippen molar-refractivity contribution in [1.82, 2.24) is 14.6 Å². The maximum absolute atomic E-state index is 12.2. The molecule has 0 amide bonds. The van der Waals surface area contributed by atoms with E-state index in [1.54, 1.807) is 18.2 Å². The molecule has 0 N–H and O–H groups in total. The van der Waals surface area contributed by atoms with E-state index in [2.05, 4.69) is 10.1 Å². The number of thiazole rings is 1. The van der Waals surface area contributed by atoms with Gasteiger partial charge in [0.1, 0.15) is 6.33 Å². The highest BCUT2D eigenvalue weighted by molar-refractivity contribution is 7.15. The van der Waals surface area contributed by atoms with Crippen LogP contribution in [0.4, 0.5) is 0 Å². The van der Waals surface area contributed by atoms with E-state index < -0.39 is 5.97 Å². The molecule has 124 valence electrons. The van der Waals surface area contributed by atoms with Crippen LogP contribution in [0.2, 0.25) is 0 Å². The van der Waals surface area contributed by atoms with Gasteiger partial charge in [-0.3, -0.25) is 9.59 Å². The molecular formula is C15H13N3O5S. The van der Waals surface area contributed by atoms with Gasteiger partial charge in [-0.2, -0.15) is 9.61 Å². The second-order valence-electron chi connectivity index (χ2n) is 4.72. The van der Waals surface area contributed by atoms with Crippen LogP contribution in [-0.2, 0) is 4.79 Å². The van der Waals surface area contributed by atoms with E-state index in [9.17, 15) is 9.59 Å². The van der Waals surface area contributed by atoms with E-state index in [0.717, 1.165) is 0 Å². The van der Waals surface area contributed by atoms with E-state index in [-0.39, 0.29) is 11.3 Å². The van der Waals surface area contributed by atoms with E-state index >= 15 is 0 Å². The fourth-order valence-corrected chi connectivity index (χ4v) is 3.04. The first-order valence-electron chi connectivity index (χ1n) is 6.82. The van der Waals surface area contributed by atoms with Crippen molar-refractivity contribution < 1.29 is 19.0 Å². The fourth-order valence-electron chi connectivity index (χ4n) is 2.16. The molecule has 2 aromatic heterocycles. The lowest BCUT2D eigenvalue weighted by Gasteiger charge is -2.13. The monoisotopic (exact) mass is 347 g/mol. The van der Waals surface area contributed by atoms with Gasteiger partial charge in [0.05, 0.1) is 18.8 Å². The number of carbonyl (C=O) groups is 1. The Morgan fingerprint density at radius 1 is 1.25 bits per heavy atom. The first kappa shape index (κ1) is 15.9. The maximum atomic E-state index is 12.2. The quantitative estimate of drug-likeness (QED) is 0.505. The van der Waals surface area contributed by atoms with Crippen LogP contribution in [0.1, 0.15) is 12.5 Å². The summed E-state index contributed by atoms with van der Waals surface area (Å²) in [6.07, 6.45) is 3.00. The predicted molar refractivity (Wildman–Crippen MR) is 86.8 cm³/mol. The molecule has 2 heterocycles. The minimum absolute atomic E-state index is 0.189. The number of ether oxygens (including phenoxy) is 3. The highest BCUT2D eigenvalue weighted by Gasteiger charge is 2.16. The van der Waals surface area contributed by atoms with Crippen molar-refractivity contribution in [3.63, 3.8) is 0 Å². The van der Waals surface area contributed by atoms with Gasteiger partial charge in [0.15, 0.2) is 11.5 Å². The highest BCUT2D eigenvalue weighted by Crippen LogP contribution is 2.38. The van der Waals surface area contributed by atoms with Crippen molar-refractivity contribution in [3.05, 3.63) is 38.9 Å². The molecule has 0 saturated heterocycles. The van der Waals surface area contributed by atoms with Crippen molar-refractivity contribution in [2.75, 3.05) is 14.2 Å². The first-order chi connectivity index (χ1) is 11.5. The lowest BCUT2D eigenvalue weighted by atomic mass is 10.1. The molecule has 0 aliphatic rings. The van der Waals surface area contributed by atoms with Gasteiger partial charge in [0.25, 0.3) is 5.56 Å². The van der Waals surface area contributed by atoms with Gasteiger partial charge in [-0.15, -0.1) is 0 Å². The highest BCUT2D eigenvalue weighted by atomic mass is 32.1. The molecule has 0 spiro atoms. The van der Waals surface area contributed by atoms with Crippen LogP contribution in [0.25, 0.3) is 11.0 Å². The van der Waals surface area contributed by atoms with Crippen molar-refractivity contribution in [1.29, 1.82) is 0 Å². The molecule has 1 aromatic carbocycles. The lowest BCUT2D eigenvalue weighted by Crippen LogP contribution is -2.23. The van der Waals surface area contributed by atoms with Crippen LogP contribution >= 0.6 is 11.3 Å². The average molecular weight is 347 g/mol. The summed E-state index contributed by atoms with van der Waals surface area (Å²) in [6.45, 7) is 1.29. The predicted octanol–water partition coefficient (Wildman–Crippen LogP) is 0.641. The Bertz CT molecular complexity index is 999. The molecular weight excluding hydrogens is 334 g/mol. The third-order valence-electron chi connectivity index (χ3n) is 3.15. The number of hydrogen-bond acceptors (Lipinski definition) is 8. The molecule has 0 radical (unpaired) electrons. The van der Waals surface area contributed by atoms with Crippen molar-refractivity contribution >= 4 is 28.3 Å². The lowest BCUT2D eigenvalue weighted by molar-refractivity contribution is -0.132. The summed E-state index contributed by atoms with van der Waals surface area (Å²) < 4.78 is 17.4.